The minimum absolute atomic E-state index is 0.00103. The molecule has 0 radical (unpaired) electrons. The summed E-state index contributed by atoms with van der Waals surface area (Å²) in [5.74, 6) is 0.735. The molecule has 6 heteroatoms. The fraction of sp³-hybridized carbons (Fsp3) is 0.174. The Balaban J connectivity index is 1.67. The fourth-order valence-electron chi connectivity index (χ4n) is 4.55. The van der Waals surface area contributed by atoms with Gasteiger partial charge in [0.15, 0.2) is 0 Å². The van der Waals surface area contributed by atoms with E-state index in [1.54, 1.807) is 7.11 Å². The highest BCUT2D eigenvalue weighted by atomic mass is 16.6. The number of carbonyl (C=O) groups excluding carboxylic acids is 1. The number of hydrogen-bond acceptors (Lipinski definition) is 4. The number of fused-ring (bicyclic) bond motifs is 5. The molecule has 0 saturated carbocycles. The van der Waals surface area contributed by atoms with E-state index in [1.165, 1.54) is 12.1 Å². The highest BCUT2D eigenvalue weighted by molar-refractivity contribution is 6.12. The fourth-order valence-corrected chi connectivity index (χ4v) is 4.55. The molecule has 3 aromatic rings. The van der Waals surface area contributed by atoms with Crippen LogP contribution in [0.2, 0.25) is 0 Å². The molecule has 0 bridgehead atoms. The van der Waals surface area contributed by atoms with Gasteiger partial charge in [-0.15, -0.1) is 0 Å². The van der Waals surface area contributed by atoms with E-state index in [0.29, 0.717) is 6.42 Å². The topological polar surface area (TPSA) is 72.7 Å². The molecule has 2 aliphatic rings. The highest BCUT2D eigenvalue weighted by Crippen LogP contribution is 2.52. The molecule has 0 saturated heterocycles. The van der Waals surface area contributed by atoms with Gasteiger partial charge in [-0.2, -0.15) is 0 Å². The van der Waals surface area contributed by atoms with Crippen LogP contribution in [0.4, 0.5) is 11.4 Å². The van der Waals surface area contributed by atoms with Crippen molar-refractivity contribution >= 4 is 17.3 Å². The molecule has 2 heterocycles. The number of non-ortho nitro benzene ring substituents is 1. The number of anilines is 1. The van der Waals surface area contributed by atoms with Gasteiger partial charge in [-0.1, -0.05) is 30.3 Å². The molecule has 144 valence electrons. The smallest absolute Gasteiger partial charge is 0.269 e. The van der Waals surface area contributed by atoms with E-state index in [-0.39, 0.29) is 23.6 Å². The maximum absolute atomic E-state index is 13.1. The zero-order valence-corrected chi connectivity index (χ0v) is 15.7. The zero-order valence-electron chi connectivity index (χ0n) is 15.7. The number of hydrogen-bond donors (Lipinski definition) is 0. The van der Waals surface area contributed by atoms with E-state index in [4.69, 9.17) is 4.74 Å². The maximum atomic E-state index is 13.1. The Morgan fingerprint density at radius 2 is 1.79 bits per heavy atom. The van der Waals surface area contributed by atoms with Gasteiger partial charge < -0.3 is 9.64 Å². The molecule has 6 nitrogen and oxygen atoms in total. The lowest BCUT2D eigenvalue weighted by Crippen LogP contribution is -2.34. The lowest BCUT2D eigenvalue weighted by atomic mass is 9.80. The second-order valence-corrected chi connectivity index (χ2v) is 7.34. The van der Waals surface area contributed by atoms with Crippen molar-refractivity contribution in [1.29, 1.82) is 0 Å². The van der Waals surface area contributed by atoms with Crippen molar-refractivity contribution in [3.63, 3.8) is 0 Å². The first kappa shape index (κ1) is 17.4. The summed E-state index contributed by atoms with van der Waals surface area (Å²) < 4.78 is 5.42. The van der Waals surface area contributed by atoms with Gasteiger partial charge in [0.1, 0.15) is 5.75 Å². The third-order valence-electron chi connectivity index (χ3n) is 5.92. The van der Waals surface area contributed by atoms with Crippen LogP contribution in [0.25, 0.3) is 0 Å². The van der Waals surface area contributed by atoms with E-state index >= 15 is 0 Å². The van der Waals surface area contributed by atoms with Crippen LogP contribution in [0.1, 0.15) is 45.4 Å². The maximum Gasteiger partial charge on any atom is 0.269 e. The van der Waals surface area contributed by atoms with Crippen molar-refractivity contribution in [2.24, 2.45) is 0 Å². The van der Waals surface area contributed by atoms with Gasteiger partial charge in [-0.25, -0.2) is 0 Å². The van der Waals surface area contributed by atoms with E-state index in [0.717, 1.165) is 33.7 Å². The minimum atomic E-state index is -0.394. The first-order chi connectivity index (χ1) is 14.1. The quantitative estimate of drug-likeness (QED) is 0.477. The van der Waals surface area contributed by atoms with Crippen LogP contribution in [0.15, 0.2) is 66.7 Å². The van der Waals surface area contributed by atoms with E-state index in [9.17, 15) is 14.9 Å². The van der Waals surface area contributed by atoms with E-state index in [2.05, 4.69) is 0 Å². The molecule has 29 heavy (non-hydrogen) atoms. The molecule has 0 unspecified atom stereocenters. The predicted molar refractivity (Wildman–Crippen MR) is 109 cm³/mol. The van der Waals surface area contributed by atoms with Crippen LogP contribution in [0, 0.1) is 10.1 Å². The van der Waals surface area contributed by atoms with Gasteiger partial charge in [0.05, 0.1) is 18.1 Å². The van der Waals surface area contributed by atoms with Crippen molar-refractivity contribution in [3.05, 3.63) is 99.1 Å². The largest absolute Gasteiger partial charge is 0.497 e. The minimum Gasteiger partial charge on any atom is -0.497 e. The van der Waals surface area contributed by atoms with Crippen LogP contribution in [0.3, 0.4) is 0 Å². The van der Waals surface area contributed by atoms with Crippen LogP contribution in [0.5, 0.6) is 5.75 Å². The van der Waals surface area contributed by atoms with Gasteiger partial charge in [0.2, 0.25) is 0 Å². The summed E-state index contributed by atoms with van der Waals surface area (Å²) in [5.41, 5.74) is 4.69. The van der Waals surface area contributed by atoms with Gasteiger partial charge in [0.25, 0.3) is 11.6 Å². The molecular formula is C23H18N2O4. The molecule has 0 spiro atoms. The summed E-state index contributed by atoms with van der Waals surface area (Å²) in [5, 5.41) is 11.0. The van der Waals surface area contributed by atoms with Crippen molar-refractivity contribution in [2.45, 2.75) is 18.4 Å². The van der Waals surface area contributed by atoms with Crippen molar-refractivity contribution in [3.8, 4) is 5.75 Å². The molecular weight excluding hydrogens is 368 g/mol. The average Bonchev–Trinajstić information content (AvgIpc) is 3.05. The zero-order chi connectivity index (χ0) is 20.1. The normalized spacial score (nSPS) is 19.3. The molecule has 1 amide bonds. The summed E-state index contributed by atoms with van der Waals surface area (Å²) in [6.45, 7) is 0. The molecule has 2 atom stereocenters. The first-order valence-electron chi connectivity index (χ1n) is 9.43. The summed E-state index contributed by atoms with van der Waals surface area (Å²) in [7, 11) is 1.62. The second kappa shape index (κ2) is 6.44. The Labute approximate surface area is 167 Å². The number of benzene rings is 3. The Hall–Kier alpha value is -3.67. The SMILES string of the molecule is COc1ccc2c(c1)[C@@H](c1ccc([N+](=O)[O-])cc1)C[C@H]1c3ccccc3C(=O)N21. The molecule has 3 aromatic carbocycles. The third kappa shape index (κ3) is 2.60. The van der Waals surface area contributed by atoms with Crippen LogP contribution in [-0.2, 0) is 0 Å². The molecule has 2 aliphatic heterocycles. The van der Waals surface area contributed by atoms with Gasteiger partial charge >= 0.3 is 0 Å². The molecule has 0 N–H and O–H groups in total. The standard InChI is InChI=1S/C23H18N2O4/c1-29-16-10-11-21-20(12-16)19(14-6-8-15(9-7-14)25(27)28)13-22-17-4-2-3-5-18(17)23(26)24(21)22/h2-12,19,22H,13H2,1H3/t19-,22+/m1/s1. The predicted octanol–water partition coefficient (Wildman–Crippen LogP) is 4.84. The van der Waals surface area contributed by atoms with Gasteiger partial charge in [-0.05, 0) is 47.4 Å². The highest BCUT2D eigenvalue weighted by Gasteiger charge is 2.44. The first-order valence-corrected chi connectivity index (χ1v) is 9.43. The van der Waals surface area contributed by atoms with Crippen LogP contribution >= 0.6 is 0 Å². The number of methoxy groups -OCH3 is 1. The number of nitrogens with zero attached hydrogens (tertiary/aromatic N) is 2. The third-order valence-corrected chi connectivity index (χ3v) is 5.92. The summed E-state index contributed by atoms with van der Waals surface area (Å²) in [6, 6.07) is 20.1. The number of rotatable bonds is 3. The number of carbonyl (C=O) groups is 1. The Kier molecular flexibility index (Phi) is 3.87. The summed E-state index contributed by atoms with van der Waals surface area (Å²) in [4.78, 5) is 25.7. The molecule has 0 aromatic heterocycles. The van der Waals surface area contributed by atoms with Gasteiger partial charge in [0, 0.05) is 29.3 Å². The van der Waals surface area contributed by atoms with Crippen molar-refractivity contribution in [1.82, 2.24) is 0 Å². The summed E-state index contributed by atoms with van der Waals surface area (Å²) >= 11 is 0. The Morgan fingerprint density at radius 1 is 1.03 bits per heavy atom. The Morgan fingerprint density at radius 3 is 2.52 bits per heavy atom. The van der Waals surface area contributed by atoms with Gasteiger partial charge in [-0.3, -0.25) is 14.9 Å². The number of amides is 1. The van der Waals surface area contributed by atoms with E-state index in [1.807, 2.05) is 59.5 Å². The molecule has 0 fully saturated rings. The lowest BCUT2D eigenvalue weighted by Gasteiger charge is -2.37. The van der Waals surface area contributed by atoms with Crippen molar-refractivity contribution in [2.75, 3.05) is 12.0 Å². The number of nitro groups is 1. The lowest BCUT2D eigenvalue weighted by molar-refractivity contribution is -0.384. The van der Waals surface area contributed by atoms with Crippen LogP contribution in [-0.4, -0.2) is 17.9 Å². The monoisotopic (exact) mass is 386 g/mol. The molecule has 0 aliphatic carbocycles. The second-order valence-electron chi connectivity index (χ2n) is 7.34. The number of ether oxygens (including phenoxy) is 1. The molecule has 5 rings (SSSR count). The van der Waals surface area contributed by atoms with E-state index < -0.39 is 4.92 Å². The van der Waals surface area contributed by atoms with Crippen LogP contribution < -0.4 is 9.64 Å². The summed E-state index contributed by atoms with van der Waals surface area (Å²) in [6.07, 6.45) is 0.709. The number of nitro benzene ring substituents is 1. The Bertz CT molecular complexity index is 1140. The van der Waals surface area contributed by atoms with Crippen molar-refractivity contribution < 1.29 is 14.5 Å². The average molecular weight is 386 g/mol.